The average molecular weight is 546 g/mol. The molecule has 12 heteroatoms. The van der Waals surface area contributed by atoms with Crippen LogP contribution in [0.1, 0.15) is 11.3 Å². The van der Waals surface area contributed by atoms with E-state index in [2.05, 4.69) is 10.1 Å². The standard InChI is InChI=1S/C25H16Cl2F3N5O2/c1-33-24(37)35-22(32-33)20(14-2-7-17(26)8-3-14)21(15-4-9-18(27)10-5-15)23(36)34(35)13-19-11-6-16(12-31-19)25(28,29)30/h2-12H,13H2,1H3. The summed E-state index contributed by atoms with van der Waals surface area (Å²) in [4.78, 5) is 31.0. The maximum atomic E-state index is 14.0. The van der Waals surface area contributed by atoms with Gasteiger partial charge < -0.3 is 0 Å². The van der Waals surface area contributed by atoms with E-state index in [1.807, 2.05) is 0 Å². The van der Waals surface area contributed by atoms with Crippen molar-refractivity contribution in [1.82, 2.24) is 24.0 Å². The number of alkyl halides is 3. The van der Waals surface area contributed by atoms with E-state index < -0.39 is 23.0 Å². The summed E-state index contributed by atoms with van der Waals surface area (Å²) in [6.45, 7) is -0.277. The molecule has 0 aliphatic rings. The molecular weight excluding hydrogens is 530 g/mol. The number of hydrogen-bond donors (Lipinski definition) is 0. The van der Waals surface area contributed by atoms with Gasteiger partial charge >= 0.3 is 11.9 Å². The highest BCUT2D eigenvalue weighted by Gasteiger charge is 2.31. The van der Waals surface area contributed by atoms with Gasteiger partial charge in [-0.1, -0.05) is 47.5 Å². The summed E-state index contributed by atoms with van der Waals surface area (Å²) in [6, 6.07) is 15.3. The fraction of sp³-hybridized carbons (Fsp3) is 0.120. The molecule has 37 heavy (non-hydrogen) atoms. The van der Waals surface area contributed by atoms with Crippen molar-refractivity contribution in [3.05, 3.63) is 109 Å². The molecule has 0 saturated heterocycles. The molecule has 0 spiro atoms. The molecule has 0 bridgehead atoms. The van der Waals surface area contributed by atoms with E-state index in [4.69, 9.17) is 23.2 Å². The van der Waals surface area contributed by atoms with Crippen LogP contribution in [-0.4, -0.2) is 24.0 Å². The lowest BCUT2D eigenvalue weighted by atomic mass is 9.96. The number of aromatic nitrogens is 5. The zero-order chi connectivity index (χ0) is 26.5. The minimum absolute atomic E-state index is 0.147. The third kappa shape index (κ3) is 4.54. The molecule has 0 saturated carbocycles. The number of benzene rings is 2. The Bertz CT molecular complexity index is 1740. The summed E-state index contributed by atoms with van der Waals surface area (Å²) in [5.41, 5.74) is -0.0846. The molecule has 2 aromatic carbocycles. The lowest BCUT2D eigenvalue weighted by molar-refractivity contribution is -0.137. The van der Waals surface area contributed by atoms with Gasteiger partial charge in [0.05, 0.1) is 23.4 Å². The number of nitrogens with zero attached hydrogens (tertiary/aromatic N) is 5. The quantitative estimate of drug-likeness (QED) is 0.307. The van der Waals surface area contributed by atoms with Crippen LogP contribution in [0.5, 0.6) is 0 Å². The Morgan fingerprint density at radius 1 is 0.838 bits per heavy atom. The molecule has 0 N–H and O–H groups in total. The number of fused-ring (bicyclic) bond motifs is 1. The number of pyridine rings is 1. The lowest BCUT2D eigenvalue weighted by Gasteiger charge is -2.16. The largest absolute Gasteiger partial charge is 0.417 e. The van der Waals surface area contributed by atoms with Crippen molar-refractivity contribution in [2.45, 2.75) is 12.7 Å². The highest BCUT2D eigenvalue weighted by Crippen LogP contribution is 2.34. The van der Waals surface area contributed by atoms with Gasteiger partial charge in [0.2, 0.25) is 0 Å². The van der Waals surface area contributed by atoms with Crippen molar-refractivity contribution in [3.63, 3.8) is 0 Å². The second kappa shape index (κ2) is 9.20. The summed E-state index contributed by atoms with van der Waals surface area (Å²) in [5.74, 6) is 0. The Labute approximate surface area is 216 Å². The minimum atomic E-state index is -4.56. The zero-order valence-electron chi connectivity index (χ0n) is 19.0. The molecule has 0 aliphatic heterocycles. The van der Waals surface area contributed by atoms with Gasteiger partial charge in [0.15, 0.2) is 5.65 Å². The van der Waals surface area contributed by atoms with Crippen LogP contribution in [0.25, 0.3) is 27.9 Å². The summed E-state index contributed by atoms with van der Waals surface area (Å²) >= 11 is 12.1. The molecule has 0 aliphatic carbocycles. The Balaban J connectivity index is 1.83. The molecule has 5 rings (SSSR count). The second-order valence-electron chi connectivity index (χ2n) is 8.20. The van der Waals surface area contributed by atoms with Crippen molar-refractivity contribution >= 4 is 28.8 Å². The Hall–Kier alpha value is -3.89. The van der Waals surface area contributed by atoms with E-state index in [0.717, 1.165) is 26.0 Å². The first kappa shape index (κ1) is 24.8. The van der Waals surface area contributed by atoms with Crippen molar-refractivity contribution in [2.24, 2.45) is 7.05 Å². The first-order chi connectivity index (χ1) is 17.5. The van der Waals surface area contributed by atoms with Crippen molar-refractivity contribution < 1.29 is 13.2 Å². The molecule has 0 unspecified atom stereocenters. The van der Waals surface area contributed by atoms with Crippen LogP contribution in [0.2, 0.25) is 10.0 Å². The molecule has 3 heterocycles. The number of rotatable bonds is 4. The molecule has 0 fully saturated rings. The molecule has 3 aromatic heterocycles. The Morgan fingerprint density at radius 3 is 1.92 bits per heavy atom. The summed E-state index contributed by atoms with van der Waals surface area (Å²) in [5, 5.41) is 5.32. The number of hydrogen-bond acceptors (Lipinski definition) is 4. The van der Waals surface area contributed by atoms with Crippen molar-refractivity contribution in [2.75, 3.05) is 0 Å². The second-order valence-corrected chi connectivity index (χ2v) is 9.08. The van der Waals surface area contributed by atoms with Crippen LogP contribution in [0.15, 0.2) is 76.4 Å². The lowest BCUT2D eigenvalue weighted by Crippen LogP contribution is -2.35. The summed E-state index contributed by atoms with van der Waals surface area (Å²) < 4.78 is 42.3. The topological polar surface area (TPSA) is 74.2 Å². The predicted octanol–water partition coefficient (Wildman–Crippen LogP) is 5.30. The normalized spacial score (nSPS) is 11.8. The van der Waals surface area contributed by atoms with Gasteiger partial charge in [-0.15, -0.1) is 5.10 Å². The van der Waals surface area contributed by atoms with Gasteiger partial charge in [0, 0.05) is 28.9 Å². The van der Waals surface area contributed by atoms with E-state index >= 15 is 0 Å². The highest BCUT2D eigenvalue weighted by atomic mass is 35.5. The number of halogens is 5. The Morgan fingerprint density at radius 2 is 1.41 bits per heavy atom. The van der Waals surface area contributed by atoms with E-state index in [1.54, 1.807) is 48.5 Å². The van der Waals surface area contributed by atoms with E-state index in [-0.39, 0.29) is 23.4 Å². The first-order valence-corrected chi connectivity index (χ1v) is 11.6. The third-order valence-corrected chi connectivity index (χ3v) is 6.30. The van der Waals surface area contributed by atoms with Crippen molar-refractivity contribution in [3.8, 4) is 22.3 Å². The van der Waals surface area contributed by atoms with Crippen LogP contribution in [-0.2, 0) is 19.8 Å². The molecule has 188 valence electrons. The molecule has 7 nitrogen and oxygen atoms in total. The van der Waals surface area contributed by atoms with Gasteiger partial charge in [-0.05, 0) is 47.5 Å². The van der Waals surface area contributed by atoms with E-state index in [9.17, 15) is 22.8 Å². The fourth-order valence-corrected chi connectivity index (χ4v) is 4.28. The smallest absolute Gasteiger partial charge is 0.267 e. The predicted molar refractivity (Wildman–Crippen MR) is 134 cm³/mol. The minimum Gasteiger partial charge on any atom is -0.267 e. The molecular formula is C25H16Cl2F3N5O2. The van der Waals surface area contributed by atoms with Gasteiger partial charge in [-0.25, -0.2) is 14.2 Å². The van der Waals surface area contributed by atoms with Crippen molar-refractivity contribution in [1.29, 1.82) is 0 Å². The maximum absolute atomic E-state index is 14.0. The molecule has 0 amide bonds. The van der Waals surface area contributed by atoms with Gasteiger partial charge in [0.25, 0.3) is 5.56 Å². The fourth-order valence-electron chi connectivity index (χ4n) is 4.02. The van der Waals surface area contributed by atoms with Crippen LogP contribution >= 0.6 is 23.2 Å². The van der Waals surface area contributed by atoms with Crippen LogP contribution < -0.4 is 11.2 Å². The first-order valence-electron chi connectivity index (χ1n) is 10.8. The van der Waals surface area contributed by atoms with Gasteiger partial charge in [-0.2, -0.15) is 17.7 Å². The van der Waals surface area contributed by atoms with Crippen LogP contribution in [0, 0.1) is 0 Å². The number of aryl methyl sites for hydroxylation is 1. The highest BCUT2D eigenvalue weighted by molar-refractivity contribution is 6.31. The third-order valence-electron chi connectivity index (χ3n) is 5.80. The zero-order valence-corrected chi connectivity index (χ0v) is 20.5. The monoisotopic (exact) mass is 545 g/mol. The maximum Gasteiger partial charge on any atom is 0.417 e. The van der Waals surface area contributed by atoms with E-state index in [1.165, 1.54) is 7.05 Å². The molecule has 0 radical (unpaired) electrons. The summed E-state index contributed by atoms with van der Waals surface area (Å²) in [7, 11) is 1.44. The molecule has 0 atom stereocenters. The van der Waals surface area contributed by atoms with Gasteiger partial charge in [0.1, 0.15) is 0 Å². The molecule has 5 aromatic rings. The van der Waals surface area contributed by atoms with Crippen LogP contribution in [0.3, 0.4) is 0 Å². The SMILES string of the molecule is Cn1nc2c(-c3ccc(Cl)cc3)c(-c3ccc(Cl)cc3)c(=O)n(Cc3ccc(C(F)(F)F)cn3)n2c1=O. The average Bonchev–Trinajstić information content (AvgIpc) is 3.15. The van der Waals surface area contributed by atoms with Crippen LogP contribution in [0.4, 0.5) is 13.2 Å². The Kier molecular flexibility index (Phi) is 6.17. The van der Waals surface area contributed by atoms with E-state index in [0.29, 0.717) is 32.9 Å². The summed E-state index contributed by atoms with van der Waals surface area (Å²) in [6.07, 6.45) is -3.87. The van der Waals surface area contributed by atoms with Gasteiger partial charge in [-0.3, -0.25) is 9.78 Å².